The molecule has 242 valence electrons. The van der Waals surface area contributed by atoms with Crippen molar-refractivity contribution in [1.29, 1.82) is 0 Å². The first-order chi connectivity index (χ1) is 20.2. The van der Waals surface area contributed by atoms with Gasteiger partial charge in [-0.2, -0.15) is 0 Å². The average Bonchev–Trinajstić information content (AvgIpc) is 2.99. The molecule has 2 aromatic carbocycles. The van der Waals surface area contributed by atoms with Crippen molar-refractivity contribution in [3.63, 3.8) is 0 Å². The summed E-state index contributed by atoms with van der Waals surface area (Å²) < 4.78 is 35.6. The molecule has 0 saturated carbocycles. The fourth-order valence-corrected chi connectivity index (χ4v) is 5.96. The van der Waals surface area contributed by atoms with Gasteiger partial charge in [-0.05, 0) is 17.7 Å². The van der Waals surface area contributed by atoms with Gasteiger partial charge in [0.25, 0.3) is 0 Å². The molecular formula is C28H33Ac4ClINO11. The fourth-order valence-electron chi connectivity index (χ4n) is 5.09. The first-order valence-electron chi connectivity index (χ1n) is 13.4. The van der Waals surface area contributed by atoms with Gasteiger partial charge >= 0.3 is 0 Å². The number of carbonyl (C=O) groups excluding carboxylic acids is 1. The van der Waals surface area contributed by atoms with Crippen LogP contribution in [-0.2, 0) is 39.8 Å². The molecule has 2 aromatic rings. The van der Waals surface area contributed by atoms with Crippen LogP contribution in [0.3, 0.4) is 0 Å². The predicted octanol–water partition coefficient (Wildman–Crippen LogP) is 1.64. The standard InChI is InChI=1S/C28H33ClINO11.4Ac/c1-13(32)31-17-9-14(7-8-16(17)29)11-37-27-22(35)20(33)24(18(10-30)39-27)42-28-23(36)21(34)25-19(40-28)12-38-26(41-25)15-5-3-2-4-6-15;;;;/h2-9,18-28,33-36H,10-12H2,1H3,(H,31,32);;;;. The third-order valence-corrected chi connectivity index (χ3v) is 8.44. The summed E-state index contributed by atoms with van der Waals surface area (Å²) in [6, 6.07) is 14.1. The van der Waals surface area contributed by atoms with E-state index in [-0.39, 0.29) is 195 Å². The van der Waals surface area contributed by atoms with Crippen LogP contribution in [0, 0.1) is 176 Å². The largest absolute Gasteiger partial charge is 0.387 e. The number of alkyl halides is 1. The van der Waals surface area contributed by atoms with Crippen molar-refractivity contribution in [2.75, 3.05) is 16.4 Å². The fraction of sp³-hybridized carbons (Fsp3) is 0.536. The minimum Gasteiger partial charge on any atom is -0.387 e. The summed E-state index contributed by atoms with van der Waals surface area (Å²) >= 11 is 8.18. The van der Waals surface area contributed by atoms with Crippen molar-refractivity contribution in [3.8, 4) is 0 Å². The molecule has 12 nitrogen and oxygen atoms in total. The molecule has 18 heteroatoms. The number of nitrogens with one attached hydrogen (secondary N) is 1. The Hall–Kier alpha value is 4.30. The number of rotatable bonds is 8. The Balaban J connectivity index is 0.00000264. The molecule has 46 heavy (non-hydrogen) atoms. The SMILES string of the molecule is CC(=O)Nc1cc(COC2OC(CI)C(OC3OC4COC(c5ccccc5)OC4C(O)C3O)C(O)C2O)ccc1Cl.[Ac].[Ac].[Ac].[Ac]. The molecular weight excluding hydrogens is 1600 g/mol. The van der Waals surface area contributed by atoms with E-state index in [0.717, 1.165) is 5.56 Å². The van der Waals surface area contributed by atoms with Crippen LogP contribution in [0.2, 0.25) is 5.02 Å². The van der Waals surface area contributed by atoms with Gasteiger partial charge in [0.15, 0.2) is 18.9 Å². The maximum Gasteiger partial charge on any atom is 0.221 e. The third-order valence-electron chi connectivity index (χ3n) is 7.24. The first kappa shape index (κ1) is 48.3. The topological polar surface area (TPSA) is 165 Å². The van der Waals surface area contributed by atoms with Gasteiger partial charge in [0, 0.05) is 193 Å². The number of fused-ring (bicyclic) bond motifs is 1. The van der Waals surface area contributed by atoms with E-state index in [0.29, 0.717) is 20.7 Å². The molecule has 5 rings (SSSR count). The Bertz CT molecular complexity index is 1230. The van der Waals surface area contributed by atoms with Crippen molar-refractivity contribution in [1.82, 2.24) is 0 Å². The van der Waals surface area contributed by atoms with Gasteiger partial charge in [0.05, 0.1) is 30.0 Å². The summed E-state index contributed by atoms with van der Waals surface area (Å²) in [5, 5.41) is 46.6. The smallest absolute Gasteiger partial charge is 0.221 e. The summed E-state index contributed by atoms with van der Waals surface area (Å²) in [6.07, 6.45) is -12.7. The van der Waals surface area contributed by atoms with Gasteiger partial charge in [0.2, 0.25) is 5.91 Å². The summed E-state index contributed by atoms with van der Waals surface area (Å²) in [7, 11) is 0. The number of aliphatic hydroxyl groups excluding tert-OH is 4. The van der Waals surface area contributed by atoms with Gasteiger partial charge in [-0.25, -0.2) is 0 Å². The summed E-state index contributed by atoms with van der Waals surface area (Å²) in [5.74, 6) is -0.282. The van der Waals surface area contributed by atoms with Crippen LogP contribution < -0.4 is 5.32 Å². The molecule has 3 aliphatic heterocycles. The summed E-state index contributed by atoms with van der Waals surface area (Å²) in [5.41, 5.74) is 1.82. The molecule has 0 aromatic heterocycles. The van der Waals surface area contributed by atoms with Crippen LogP contribution in [-0.4, -0.2) is 98.8 Å². The van der Waals surface area contributed by atoms with Gasteiger partial charge < -0.3 is 54.2 Å². The van der Waals surface area contributed by atoms with Crippen molar-refractivity contribution in [3.05, 3.63) is 64.7 Å². The molecule has 5 N–H and O–H groups in total. The molecule has 3 fully saturated rings. The molecule has 3 saturated heterocycles. The summed E-state index contributed by atoms with van der Waals surface area (Å²) in [6.45, 7) is 1.42. The number of anilines is 1. The first-order valence-corrected chi connectivity index (χ1v) is 15.3. The molecule has 1 amide bonds. The number of halogens is 2. The van der Waals surface area contributed by atoms with E-state index in [1.807, 2.05) is 52.9 Å². The number of benzene rings is 2. The molecule has 11 atom stereocenters. The number of ether oxygens (including phenoxy) is 6. The quantitative estimate of drug-likeness (QED) is 0.193. The van der Waals surface area contributed by atoms with Crippen LogP contribution in [0.5, 0.6) is 0 Å². The molecule has 3 aliphatic rings. The number of amides is 1. The van der Waals surface area contributed by atoms with Crippen molar-refractivity contribution < 1.29 is 230 Å². The minimum absolute atomic E-state index is 0. The normalized spacial score (nSPS) is 33.5. The number of hydrogen-bond acceptors (Lipinski definition) is 11. The maximum atomic E-state index is 11.4. The Morgan fingerprint density at radius 1 is 0.935 bits per heavy atom. The Kier molecular flexibility index (Phi) is 24.4. The van der Waals surface area contributed by atoms with E-state index in [1.165, 1.54) is 6.92 Å². The van der Waals surface area contributed by atoms with E-state index in [4.69, 9.17) is 40.0 Å². The van der Waals surface area contributed by atoms with Gasteiger partial charge in [-0.3, -0.25) is 4.79 Å². The Morgan fingerprint density at radius 3 is 2.26 bits per heavy atom. The maximum absolute atomic E-state index is 11.4. The molecule has 11 unspecified atom stereocenters. The zero-order valence-corrected chi connectivity index (χ0v) is 46.7. The van der Waals surface area contributed by atoms with E-state index in [2.05, 4.69) is 5.32 Å². The van der Waals surface area contributed by atoms with E-state index in [1.54, 1.807) is 18.2 Å². The van der Waals surface area contributed by atoms with E-state index < -0.39 is 67.7 Å². The average molecular weight is 1630 g/mol. The van der Waals surface area contributed by atoms with Crippen molar-refractivity contribution in [2.45, 2.75) is 81.2 Å². The Labute approximate surface area is 429 Å². The predicted molar refractivity (Wildman–Crippen MR) is 156 cm³/mol. The van der Waals surface area contributed by atoms with E-state index >= 15 is 0 Å². The van der Waals surface area contributed by atoms with Crippen LogP contribution >= 0.6 is 34.2 Å². The molecule has 0 bridgehead atoms. The minimum atomic E-state index is -1.52. The zero-order valence-electron chi connectivity index (χ0n) is 24.8. The van der Waals surface area contributed by atoms with Crippen molar-refractivity contribution >= 4 is 45.8 Å². The monoisotopic (exact) mass is 1630 g/mol. The van der Waals surface area contributed by atoms with Gasteiger partial charge in [0.1, 0.15) is 42.7 Å². The second-order valence-electron chi connectivity index (χ2n) is 10.3. The van der Waals surface area contributed by atoms with Gasteiger partial charge in [-0.1, -0.05) is 70.6 Å². The third kappa shape index (κ3) is 12.4. The molecule has 0 aliphatic carbocycles. The Morgan fingerprint density at radius 2 is 1.61 bits per heavy atom. The van der Waals surface area contributed by atoms with Crippen LogP contribution in [0.4, 0.5) is 5.69 Å². The summed E-state index contributed by atoms with van der Waals surface area (Å²) in [4.78, 5) is 11.4. The molecule has 0 spiro atoms. The number of aliphatic hydroxyl groups is 4. The second kappa shape index (κ2) is 23.3. The van der Waals surface area contributed by atoms with Crippen LogP contribution in [0.25, 0.3) is 0 Å². The number of hydrogen-bond donors (Lipinski definition) is 5. The molecule has 4 radical (unpaired) electrons. The van der Waals surface area contributed by atoms with Crippen LogP contribution in [0.15, 0.2) is 48.5 Å². The zero-order chi connectivity index (χ0) is 30.0. The number of carbonyl (C=O) groups is 1. The molecule has 3 heterocycles. The van der Waals surface area contributed by atoms with Crippen molar-refractivity contribution in [2.24, 2.45) is 0 Å². The van der Waals surface area contributed by atoms with E-state index in [9.17, 15) is 25.2 Å². The van der Waals surface area contributed by atoms with Gasteiger partial charge in [-0.15, -0.1) is 0 Å². The van der Waals surface area contributed by atoms with Crippen LogP contribution in [0.1, 0.15) is 24.3 Å². The second-order valence-corrected chi connectivity index (χ2v) is 11.6.